The maximum absolute atomic E-state index is 12.9. The SMILES string of the molecule is NC(=O)C1CCN(C(=O)C2CCCN(c3nc4cccnc4s3)C2)CC1. The van der Waals surface area contributed by atoms with Crippen molar-refractivity contribution in [3.05, 3.63) is 18.3 Å². The third-order valence-electron chi connectivity index (χ3n) is 5.41. The fourth-order valence-electron chi connectivity index (χ4n) is 3.89. The van der Waals surface area contributed by atoms with Crippen molar-refractivity contribution in [2.75, 3.05) is 31.1 Å². The molecular formula is C18H23N5O2S. The molecule has 0 spiro atoms. The van der Waals surface area contributed by atoms with E-state index in [0.717, 1.165) is 34.9 Å². The molecular weight excluding hydrogens is 350 g/mol. The summed E-state index contributed by atoms with van der Waals surface area (Å²) >= 11 is 1.58. The van der Waals surface area contributed by atoms with Crippen molar-refractivity contribution in [1.29, 1.82) is 0 Å². The lowest BCUT2D eigenvalue weighted by atomic mass is 9.92. The van der Waals surface area contributed by atoms with Crippen LogP contribution in [-0.4, -0.2) is 52.9 Å². The molecule has 7 nitrogen and oxygen atoms in total. The Hall–Kier alpha value is -2.22. The molecule has 0 saturated carbocycles. The van der Waals surface area contributed by atoms with Gasteiger partial charge in [-0.15, -0.1) is 0 Å². The number of carbonyl (C=O) groups excluding carboxylic acids is 2. The molecule has 2 amide bonds. The van der Waals surface area contributed by atoms with Crippen LogP contribution in [0.15, 0.2) is 18.3 Å². The maximum Gasteiger partial charge on any atom is 0.227 e. The molecule has 0 bridgehead atoms. The lowest BCUT2D eigenvalue weighted by Gasteiger charge is -2.37. The van der Waals surface area contributed by atoms with Gasteiger partial charge in [-0.25, -0.2) is 9.97 Å². The van der Waals surface area contributed by atoms with Gasteiger partial charge < -0.3 is 15.5 Å². The predicted molar refractivity (Wildman–Crippen MR) is 101 cm³/mol. The summed E-state index contributed by atoms with van der Waals surface area (Å²) in [6.45, 7) is 2.89. The van der Waals surface area contributed by atoms with Crippen molar-refractivity contribution in [2.24, 2.45) is 17.6 Å². The second kappa shape index (κ2) is 7.19. The van der Waals surface area contributed by atoms with E-state index in [2.05, 4.69) is 14.9 Å². The molecule has 138 valence electrons. The molecule has 0 aliphatic carbocycles. The van der Waals surface area contributed by atoms with Gasteiger partial charge >= 0.3 is 0 Å². The van der Waals surface area contributed by atoms with E-state index in [0.29, 0.717) is 32.5 Å². The summed E-state index contributed by atoms with van der Waals surface area (Å²) in [7, 11) is 0. The third kappa shape index (κ3) is 3.38. The van der Waals surface area contributed by atoms with Gasteiger partial charge in [-0.1, -0.05) is 11.3 Å². The zero-order chi connectivity index (χ0) is 18.1. The molecule has 0 aromatic carbocycles. The molecule has 2 aromatic rings. The average Bonchev–Trinajstić information content (AvgIpc) is 3.12. The Morgan fingerprint density at radius 2 is 1.96 bits per heavy atom. The van der Waals surface area contributed by atoms with Crippen LogP contribution < -0.4 is 10.6 Å². The van der Waals surface area contributed by atoms with Gasteiger partial charge in [0.05, 0.1) is 5.92 Å². The number of hydrogen-bond donors (Lipinski definition) is 1. The quantitative estimate of drug-likeness (QED) is 0.883. The normalized spacial score (nSPS) is 21.9. The van der Waals surface area contributed by atoms with Crippen molar-refractivity contribution < 1.29 is 9.59 Å². The van der Waals surface area contributed by atoms with Crippen LogP contribution in [0.5, 0.6) is 0 Å². The minimum Gasteiger partial charge on any atom is -0.369 e. The second-order valence-corrected chi connectivity index (χ2v) is 8.07. The zero-order valence-corrected chi connectivity index (χ0v) is 15.5. The molecule has 2 fully saturated rings. The summed E-state index contributed by atoms with van der Waals surface area (Å²) in [5.41, 5.74) is 6.30. The first kappa shape index (κ1) is 17.2. The number of aromatic nitrogens is 2. The van der Waals surface area contributed by atoms with E-state index in [-0.39, 0.29) is 23.7 Å². The predicted octanol–water partition coefficient (Wildman–Crippen LogP) is 1.63. The van der Waals surface area contributed by atoms with E-state index >= 15 is 0 Å². The molecule has 0 radical (unpaired) electrons. The number of rotatable bonds is 3. The van der Waals surface area contributed by atoms with Crippen LogP contribution in [0.3, 0.4) is 0 Å². The first-order valence-corrected chi connectivity index (χ1v) is 9.98. The first-order valence-electron chi connectivity index (χ1n) is 9.16. The Labute approximate surface area is 156 Å². The lowest BCUT2D eigenvalue weighted by molar-refractivity contribution is -0.138. The number of nitrogens with two attached hydrogens (primary N) is 1. The fourth-order valence-corrected chi connectivity index (χ4v) is 4.83. The summed E-state index contributed by atoms with van der Waals surface area (Å²) in [5.74, 6) is -0.131. The number of piperidine rings is 2. The van der Waals surface area contributed by atoms with Gasteiger partial charge in [0.15, 0.2) is 5.13 Å². The van der Waals surface area contributed by atoms with Crippen LogP contribution in [0.25, 0.3) is 10.3 Å². The molecule has 2 aliphatic rings. The van der Waals surface area contributed by atoms with Gasteiger partial charge in [0.1, 0.15) is 10.3 Å². The van der Waals surface area contributed by atoms with E-state index < -0.39 is 0 Å². The monoisotopic (exact) mass is 373 g/mol. The second-order valence-electron chi connectivity index (χ2n) is 7.11. The Bertz CT molecular complexity index is 782. The highest BCUT2D eigenvalue weighted by Gasteiger charge is 2.33. The van der Waals surface area contributed by atoms with Crippen LogP contribution in [0.4, 0.5) is 5.13 Å². The van der Waals surface area contributed by atoms with Crippen molar-refractivity contribution in [2.45, 2.75) is 25.7 Å². The summed E-state index contributed by atoms with van der Waals surface area (Å²) in [6.07, 6.45) is 5.04. The van der Waals surface area contributed by atoms with E-state index in [9.17, 15) is 9.59 Å². The van der Waals surface area contributed by atoms with E-state index in [1.807, 2.05) is 17.0 Å². The number of carbonyl (C=O) groups is 2. The van der Waals surface area contributed by atoms with Crippen LogP contribution >= 0.6 is 11.3 Å². The van der Waals surface area contributed by atoms with Crippen LogP contribution in [0.1, 0.15) is 25.7 Å². The zero-order valence-electron chi connectivity index (χ0n) is 14.6. The number of primary amides is 1. The first-order chi connectivity index (χ1) is 12.6. The molecule has 2 saturated heterocycles. The Morgan fingerprint density at radius 3 is 2.69 bits per heavy atom. The number of fused-ring (bicyclic) bond motifs is 1. The number of pyridine rings is 1. The minimum atomic E-state index is -0.245. The highest BCUT2D eigenvalue weighted by molar-refractivity contribution is 7.21. The van der Waals surface area contributed by atoms with Gasteiger partial charge in [0, 0.05) is 38.3 Å². The van der Waals surface area contributed by atoms with Crippen molar-refractivity contribution in [3.8, 4) is 0 Å². The standard InChI is InChI=1S/C18H23N5O2S/c19-15(24)12-5-9-22(10-6-12)17(25)13-3-2-8-23(11-13)18-21-14-4-1-7-20-16(14)26-18/h1,4,7,12-13H,2-3,5-6,8-11H2,(H2,19,24). The summed E-state index contributed by atoms with van der Waals surface area (Å²) in [6, 6.07) is 3.86. The number of anilines is 1. The topological polar surface area (TPSA) is 92.4 Å². The Balaban J connectivity index is 1.41. The van der Waals surface area contributed by atoms with Gasteiger partial charge in [0.25, 0.3) is 0 Å². The third-order valence-corrected chi connectivity index (χ3v) is 6.45. The van der Waals surface area contributed by atoms with Crippen LogP contribution in [0.2, 0.25) is 0 Å². The van der Waals surface area contributed by atoms with Crippen molar-refractivity contribution in [3.63, 3.8) is 0 Å². The highest BCUT2D eigenvalue weighted by Crippen LogP contribution is 2.31. The summed E-state index contributed by atoms with van der Waals surface area (Å²) < 4.78 is 0. The number of amides is 2. The molecule has 8 heteroatoms. The van der Waals surface area contributed by atoms with Crippen molar-refractivity contribution in [1.82, 2.24) is 14.9 Å². The number of nitrogens with zero attached hydrogens (tertiary/aromatic N) is 4. The van der Waals surface area contributed by atoms with E-state index in [1.54, 1.807) is 17.5 Å². The van der Waals surface area contributed by atoms with Gasteiger partial charge in [-0.05, 0) is 37.8 Å². The molecule has 4 rings (SSSR count). The largest absolute Gasteiger partial charge is 0.369 e. The average molecular weight is 373 g/mol. The van der Waals surface area contributed by atoms with Gasteiger partial charge in [-0.2, -0.15) is 0 Å². The number of hydrogen-bond acceptors (Lipinski definition) is 6. The van der Waals surface area contributed by atoms with Crippen LogP contribution in [-0.2, 0) is 9.59 Å². The Morgan fingerprint density at radius 1 is 1.15 bits per heavy atom. The van der Waals surface area contributed by atoms with Gasteiger partial charge in [0.2, 0.25) is 11.8 Å². The molecule has 26 heavy (non-hydrogen) atoms. The summed E-state index contributed by atoms with van der Waals surface area (Å²) in [4.78, 5) is 38.3. The number of thiazole rings is 1. The smallest absolute Gasteiger partial charge is 0.227 e. The van der Waals surface area contributed by atoms with Crippen LogP contribution in [0, 0.1) is 11.8 Å². The number of likely N-dealkylation sites (tertiary alicyclic amines) is 1. The lowest BCUT2D eigenvalue weighted by Crippen LogP contribution is -2.48. The molecule has 4 heterocycles. The maximum atomic E-state index is 12.9. The fraction of sp³-hybridized carbons (Fsp3) is 0.556. The molecule has 1 atom stereocenters. The highest BCUT2D eigenvalue weighted by atomic mass is 32.1. The summed E-state index contributed by atoms with van der Waals surface area (Å²) in [5, 5.41) is 0.948. The Kier molecular flexibility index (Phi) is 4.76. The molecule has 1 unspecified atom stereocenters. The van der Waals surface area contributed by atoms with Gasteiger partial charge in [-0.3, -0.25) is 9.59 Å². The van der Waals surface area contributed by atoms with E-state index in [4.69, 9.17) is 5.73 Å². The molecule has 2 N–H and O–H groups in total. The van der Waals surface area contributed by atoms with E-state index in [1.165, 1.54) is 0 Å². The minimum absolute atomic E-state index is 0.00569. The van der Waals surface area contributed by atoms with Crippen molar-refractivity contribution >= 4 is 38.6 Å². The molecule has 2 aliphatic heterocycles. The molecule has 2 aromatic heterocycles.